The number of nitrogens with one attached hydrogen (secondary N) is 1. The number of aryl methyl sites for hydroxylation is 1. The van der Waals surface area contributed by atoms with Gasteiger partial charge in [-0.25, -0.2) is 8.42 Å². The van der Waals surface area contributed by atoms with Crippen LogP contribution in [0.5, 0.6) is 0 Å². The second-order valence-electron chi connectivity index (χ2n) is 10.0. The zero-order valence-corrected chi connectivity index (χ0v) is 24.5. The summed E-state index contributed by atoms with van der Waals surface area (Å²) < 4.78 is 26.8. The first-order valence-corrected chi connectivity index (χ1v) is 15.2. The molecule has 3 rings (SSSR count). The average molecular weight is 581 g/mol. The van der Waals surface area contributed by atoms with Crippen molar-refractivity contribution in [2.45, 2.75) is 52.2 Å². The number of nitro groups is 1. The van der Waals surface area contributed by atoms with Gasteiger partial charge in [-0.1, -0.05) is 73.7 Å². The first kappa shape index (κ1) is 31.3. The van der Waals surface area contributed by atoms with E-state index < -0.39 is 33.4 Å². The number of amides is 2. The van der Waals surface area contributed by atoms with E-state index in [2.05, 4.69) is 5.32 Å². The minimum Gasteiger partial charge on any atom is -0.352 e. The molecule has 0 aromatic heterocycles. The summed E-state index contributed by atoms with van der Waals surface area (Å²) >= 11 is 0. The number of nitro benzene ring substituents is 1. The molecule has 2 atom stereocenters. The first-order valence-electron chi connectivity index (χ1n) is 13.3. The Morgan fingerprint density at radius 2 is 1.56 bits per heavy atom. The van der Waals surface area contributed by atoms with E-state index in [-0.39, 0.29) is 36.3 Å². The van der Waals surface area contributed by atoms with Gasteiger partial charge in [0.2, 0.25) is 21.8 Å². The van der Waals surface area contributed by atoms with Gasteiger partial charge in [0.25, 0.3) is 5.69 Å². The topological polar surface area (TPSA) is 130 Å². The minimum absolute atomic E-state index is 0.0263. The molecule has 0 saturated heterocycles. The Bertz CT molecular complexity index is 1460. The van der Waals surface area contributed by atoms with E-state index >= 15 is 0 Å². The highest BCUT2D eigenvalue weighted by molar-refractivity contribution is 7.92. The van der Waals surface area contributed by atoms with Gasteiger partial charge in [-0.15, -0.1) is 0 Å². The maximum atomic E-state index is 14.1. The van der Waals surface area contributed by atoms with Crippen LogP contribution in [0.2, 0.25) is 0 Å². The molecule has 0 bridgehead atoms. The van der Waals surface area contributed by atoms with Crippen LogP contribution < -0.4 is 9.62 Å². The molecule has 41 heavy (non-hydrogen) atoms. The van der Waals surface area contributed by atoms with Gasteiger partial charge in [0.15, 0.2) is 0 Å². The Balaban J connectivity index is 2.09. The second-order valence-corrected chi connectivity index (χ2v) is 11.9. The molecule has 0 spiro atoms. The Kier molecular flexibility index (Phi) is 10.6. The predicted molar refractivity (Wildman–Crippen MR) is 159 cm³/mol. The lowest BCUT2D eigenvalue weighted by Crippen LogP contribution is -2.54. The summed E-state index contributed by atoms with van der Waals surface area (Å²) in [6.45, 7) is 4.83. The fourth-order valence-corrected chi connectivity index (χ4v) is 5.25. The van der Waals surface area contributed by atoms with Gasteiger partial charge in [0.05, 0.1) is 16.9 Å². The van der Waals surface area contributed by atoms with E-state index in [1.54, 1.807) is 6.92 Å². The van der Waals surface area contributed by atoms with Crippen molar-refractivity contribution < 1.29 is 22.9 Å². The van der Waals surface area contributed by atoms with Crippen LogP contribution in [-0.2, 0) is 32.6 Å². The highest BCUT2D eigenvalue weighted by Crippen LogP contribution is 2.28. The third-order valence-corrected chi connectivity index (χ3v) is 7.95. The van der Waals surface area contributed by atoms with Gasteiger partial charge in [-0.3, -0.25) is 24.0 Å². The molecule has 218 valence electrons. The number of hydrogen-bond donors (Lipinski definition) is 1. The van der Waals surface area contributed by atoms with Crippen LogP contribution in [0, 0.1) is 17.0 Å². The molecule has 11 heteroatoms. The molecule has 0 unspecified atom stereocenters. The van der Waals surface area contributed by atoms with Crippen molar-refractivity contribution >= 4 is 33.2 Å². The van der Waals surface area contributed by atoms with Gasteiger partial charge in [0.1, 0.15) is 12.6 Å². The minimum atomic E-state index is -4.05. The van der Waals surface area contributed by atoms with Gasteiger partial charge in [0, 0.05) is 31.1 Å². The molecule has 0 aliphatic carbocycles. The van der Waals surface area contributed by atoms with Crippen molar-refractivity contribution in [2.75, 3.05) is 17.1 Å². The maximum absolute atomic E-state index is 14.1. The van der Waals surface area contributed by atoms with E-state index in [9.17, 15) is 28.1 Å². The Morgan fingerprint density at radius 3 is 2.10 bits per heavy atom. The van der Waals surface area contributed by atoms with E-state index in [4.69, 9.17) is 0 Å². The number of carbonyl (C=O) groups excluding carboxylic acids is 2. The lowest BCUT2D eigenvalue weighted by atomic mass is 10.0. The molecule has 3 aromatic carbocycles. The molecule has 0 fully saturated rings. The summed E-state index contributed by atoms with van der Waals surface area (Å²) in [6, 6.07) is 21.2. The zero-order chi connectivity index (χ0) is 30.2. The van der Waals surface area contributed by atoms with Crippen LogP contribution in [0.3, 0.4) is 0 Å². The first-order chi connectivity index (χ1) is 19.4. The summed E-state index contributed by atoms with van der Waals surface area (Å²) in [7, 11) is -4.05. The summed E-state index contributed by atoms with van der Waals surface area (Å²) in [4.78, 5) is 40.0. The summed E-state index contributed by atoms with van der Waals surface area (Å²) in [5.74, 6) is -0.977. The fourth-order valence-electron chi connectivity index (χ4n) is 4.35. The van der Waals surface area contributed by atoms with Crippen LogP contribution in [0.1, 0.15) is 37.0 Å². The molecule has 10 nitrogen and oxygen atoms in total. The molecular formula is C30H36N4O6S. The van der Waals surface area contributed by atoms with E-state index in [0.29, 0.717) is 12.0 Å². The Hall–Kier alpha value is -4.25. The molecule has 0 aliphatic rings. The third-order valence-electron chi connectivity index (χ3n) is 6.82. The van der Waals surface area contributed by atoms with Crippen LogP contribution in [0.15, 0.2) is 78.9 Å². The number of rotatable bonds is 13. The molecule has 1 N–H and O–H groups in total. The average Bonchev–Trinajstić information content (AvgIpc) is 2.94. The van der Waals surface area contributed by atoms with E-state index in [1.807, 2.05) is 74.5 Å². The van der Waals surface area contributed by atoms with Gasteiger partial charge >= 0.3 is 0 Å². The summed E-state index contributed by atoms with van der Waals surface area (Å²) in [5.41, 5.74) is 1.75. The standard InChI is InChI=1S/C30H36N4O6S/c1-5-23(3)31-30(36)28(18-24-12-8-6-9-13-24)32(20-25-14-10-7-11-15-25)29(35)21-33(41(4,39)40)27-19-26(34(37)38)17-16-22(27)2/h6-17,19,23,28H,5,18,20-21H2,1-4H3,(H,31,36)/t23-,28-/m0/s1. The highest BCUT2D eigenvalue weighted by Gasteiger charge is 2.34. The second kappa shape index (κ2) is 13.9. The van der Waals surface area contributed by atoms with E-state index in [0.717, 1.165) is 27.8 Å². The molecule has 0 heterocycles. The number of anilines is 1. The van der Waals surface area contributed by atoms with Crippen molar-refractivity contribution in [3.8, 4) is 0 Å². The SMILES string of the molecule is CC[C@H](C)NC(=O)[C@H](Cc1ccccc1)N(Cc1ccccc1)C(=O)CN(c1cc([N+](=O)[O-])ccc1C)S(C)(=O)=O. The molecule has 2 amide bonds. The van der Waals surface area contributed by atoms with Crippen LogP contribution in [0.25, 0.3) is 0 Å². The number of hydrogen-bond acceptors (Lipinski definition) is 6. The molecular weight excluding hydrogens is 544 g/mol. The fraction of sp³-hybridized carbons (Fsp3) is 0.333. The third kappa shape index (κ3) is 8.62. The summed E-state index contributed by atoms with van der Waals surface area (Å²) in [5, 5.41) is 14.4. The van der Waals surface area contributed by atoms with Crippen LogP contribution in [0.4, 0.5) is 11.4 Å². The Labute approximate surface area is 241 Å². The van der Waals surface area contributed by atoms with Crippen molar-refractivity contribution in [2.24, 2.45) is 0 Å². The van der Waals surface area contributed by atoms with E-state index in [1.165, 1.54) is 17.0 Å². The number of benzene rings is 3. The predicted octanol–water partition coefficient (Wildman–Crippen LogP) is 4.22. The smallest absolute Gasteiger partial charge is 0.271 e. The number of nitrogens with zero attached hydrogens (tertiary/aromatic N) is 3. The number of sulfonamides is 1. The summed E-state index contributed by atoms with van der Waals surface area (Å²) in [6.07, 6.45) is 1.83. The highest BCUT2D eigenvalue weighted by atomic mass is 32.2. The van der Waals surface area contributed by atoms with Crippen molar-refractivity contribution in [1.82, 2.24) is 10.2 Å². The molecule has 3 aromatic rings. The lowest BCUT2D eigenvalue weighted by Gasteiger charge is -2.34. The van der Waals surface area contributed by atoms with Crippen LogP contribution >= 0.6 is 0 Å². The number of non-ortho nitro benzene ring substituents is 1. The zero-order valence-electron chi connectivity index (χ0n) is 23.7. The number of carbonyl (C=O) groups is 2. The van der Waals surface area contributed by atoms with Crippen molar-refractivity contribution in [1.29, 1.82) is 0 Å². The molecule has 0 saturated carbocycles. The quantitative estimate of drug-likeness (QED) is 0.238. The van der Waals surface area contributed by atoms with Crippen molar-refractivity contribution in [3.05, 3.63) is 106 Å². The van der Waals surface area contributed by atoms with Gasteiger partial charge in [-0.2, -0.15) is 0 Å². The van der Waals surface area contributed by atoms with Crippen LogP contribution in [-0.4, -0.2) is 54.9 Å². The largest absolute Gasteiger partial charge is 0.352 e. The lowest BCUT2D eigenvalue weighted by molar-refractivity contribution is -0.384. The monoisotopic (exact) mass is 580 g/mol. The normalized spacial score (nSPS) is 12.7. The van der Waals surface area contributed by atoms with Gasteiger partial charge in [-0.05, 0) is 37.0 Å². The molecule has 0 aliphatic heterocycles. The van der Waals surface area contributed by atoms with Crippen molar-refractivity contribution in [3.63, 3.8) is 0 Å². The molecule has 0 radical (unpaired) electrons. The maximum Gasteiger partial charge on any atom is 0.271 e. The van der Waals surface area contributed by atoms with Gasteiger partial charge < -0.3 is 10.2 Å². The Morgan fingerprint density at radius 1 is 0.976 bits per heavy atom.